The summed E-state index contributed by atoms with van der Waals surface area (Å²) in [5.74, 6) is -3.20. The van der Waals surface area contributed by atoms with Gasteiger partial charge in [0.2, 0.25) is 0 Å². The van der Waals surface area contributed by atoms with Gasteiger partial charge in [0.25, 0.3) is 11.8 Å². The Bertz CT molecular complexity index is 1280. The van der Waals surface area contributed by atoms with Gasteiger partial charge in [0.05, 0.1) is 12.1 Å². The third kappa shape index (κ3) is 6.06. The largest absolute Gasteiger partial charge is 0.423 e. The van der Waals surface area contributed by atoms with Crippen LogP contribution in [0.2, 0.25) is 0 Å². The molecule has 2 unspecified atom stereocenters. The second kappa shape index (κ2) is 10.9. The Morgan fingerprint density at radius 1 is 0.564 bits per heavy atom. The van der Waals surface area contributed by atoms with Gasteiger partial charge in [-0.05, 0) is 42.8 Å². The number of nitrogens with zero attached hydrogens (tertiary/aromatic N) is 2. The molecule has 0 radical (unpaired) electrons. The molecule has 204 valence electrons. The highest BCUT2D eigenvalue weighted by Gasteiger charge is 2.47. The number of amides is 2. The van der Waals surface area contributed by atoms with E-state index in [2.05, 4.69) is 0 Å². The van der Waals surface area contributed by atoms with Crippen LogP contribution in [0.3, 0.4) is 0 Å². The molecule has 12 nitrogen and oxygen atoms in total. The van der Waals surface area contributed by atoms with Crippen molar-refractivity contribution in [3.63, 3.8) is 0 Å². The molecule has 0 saturated carbocycles. The molecule has 2 fully saturated rings. The van der Waals surface area contributed by atoms with Gasteiger partial charge in [-0.3, -0.25) is 28.8 Å². The number of benzene rings is 2. The van der Waals surface area contributed by atoms with Crippen LogP contribution in [-0.4, -0.2) is 70.7 Å². The predicted octanol–water partition coefficient (Wildman–Crippen LogP) is 2.13. The molecular formula is C27H26N2O10. The normalized spacial score (nSPS) is 17.4. The van der Waals surface area contributed by atoms with Crippen LogP contribution in [0.5, 0.6) is 23.0 Å². The van der Waals surface area contributed by atoms with Gasteiger partial charge in [-0.1, -0.05) is 0 Å². The summed E-state index contributed by atoms with van der Waals surface area (Å²) < 4.78 is 20.4. The van der Waals surface area contributed by atoms with E-state index in [1.165, 1.54) is 64.1 Å². The molecule has 2 aromatic rings. The zero-order valence-electron chi connectivity index (χ0n) is 21.7. The van der Waals surface area contributed by atoms with Crippen LogP contribution in [0.15, 0.2) is 36.4 Å². The molecule has 4 rings (SSSR count). The molecule has 2 aliphatic heterocycles. The number of fused-ring (bicyclic) bond motifs is 2. The molecule has 2 bridgehead atoms. The van der Waals surface area contributed by atoms with Crippen LogP contribution in [0, 0.1) is 0 Å². The van der Waals surface area contributed by atoms with Crippen molar-refractivity contribution in [3.8, 4) is 23.0 Å². The van der Waals surface area contributed by atoms with Gasteiger partial charge in [0, 0.05) is 51.9 Å². The molecule has 12 heteroatoms. The molecule has 2 aromatic carbocycles. The first-order valence-electron chi connectivity index (χ1n) is 12.1. The summed E-state index contributed by atoms with van der Waals surface area (Å²) >= 11 is 0. The molecule has 0 spiro atoms. The Morgan fingerprint density at radius 2 is 0.897 bits per heavy atom. The van der Waals surface area contributed by atoms with E-state index in [0.717, 1.165) is 0 Å². The summed E-state index contributed by atoms with van der Waals surface area (Å²) in [6.45, 7) is 5.36. The number of ether oxygens (including phenoxy) is 4. The SMILES string of the molecule is CC(=O)Oc1ccc(C(=O)N2CC3CC2CN3C(=O)c2ccc(OC(C)=O)c(OC(C)=O)c2)cc1OC(C)=O. The Morgan fingerprint density at radius 3 is 1.21 bits per heavy atom. The molecular weight excluding hydrogens is 512 g/mol. The number of piperazine rings is 1. The summed E-state index contributed by atoms with van der Waals surface area (Å²) in [5, 5.41) is 0. The third-order valence-corrected chi connectivity index (χ3v) is 6.16. The zero-order chi connectivity index (χ0) is 28.4. The summed E-state index contributed by atoms with van der Waals surface area (Å²) in [5.41, 5.74) is 0.472. The highest BCUT2D eigenvalue weighted by atomic mass is 16.6. The van der Waals surface area contributed by atoms with Crippen molar-refractivity contribution in [2.75, 3.05) is 13.1 Å². The summed E-state index contributed by atoms with van der Waals surface area (Å²) in [6, 6.07) is 7.92. The van der Waals surface area contributed by atoms with Gasteiger partial charge >= 0.3 is 23.9 Å². The quantitative estimate of drug-likeness (QED) is 0.396. The van der Waals surface area contributed by atoms with Crippen molar-refractivity contribution in [1.29, 1.82) is 0 Å². The van der Waals surface area contributed by atoms with Gasteiger partial charge < -0.3 is 28.7 Å². The number of esters is 4. The monoisotopic (exact) mass is 538 g/mol. The standard InChI is InChI=1S/C27H26N2O10/c1-14(30)36-22-7-5-18(9-24(22)38-16(3)32)26(34)28-12-21-11-20(28)13-29(21)27(35)19-6-8-23(37-15(2)31)25(10-19)39-17(4)33/h5-10,20-21H,11-13H2,1-4H3. The minimum Gasteiger partial charge on any atom is -0.423 e. The molecule has 2 amide bonds. The lowest BCUT2D eigenvalue weighted by atomic mass is 10.1. The fraction of sp³-hybridized carbons (Fsp3) is 0.333. The summed E-state index contributed by atoms with van der Waals surface area (Å²) in [7, 11) is 0. The van der Waals surface area contributed by atoms with Gasteiger partial charge in [0.1, 0.15) is 0 Å². The van der Waals surface area contributed by atoms with E-state index in [9.17, 15) is 28.8 Å². The zero-order valence-corrected chi connectivity index (χ0v) is 21.7. The van der Waals surface area contributed by atoms with Crippen molar-refractivity contribution >= 4 is 35.7 Å². The minimum absolute atomic E-state index is 0.0156. The van der Waals surface area contributed by atoms with Crippen LogP contribution in [0.25, 0.3) is 0 Å². The van der Waals surface area contributed by atoms with Gasteiger partial charge in [-0.25, -0.2) is 0 Å². The Hall–Kier alpha value is -4.74. The van der Waals surface area contributed by atoms with Crippen molar-refractivity contribution in [2.45, 2.75) is 46.2 Å². The molecule has 0 aliphatic carbocycles. The van der Waals surface area contributed by atoms with Crippen LogP contribution >= 0.6 is 0 Å². The Balaban J connectivity index is 1.49. The van der Waals surface area contributed by atoms with Gasteiger partial charge in [0.15, 0.2) is 23.0 Å². The topological polar surface area (TPSA) is 146 Å². The lowest BCUT2D eigenvalue weighted by Crippen LogP contribution is -2.50. The summed E-state index contributed by atoms with van der Waals surface area (Å²) in [6.07, 6.45) is 0.572. The lowest BCUT2D eigenvalue weighted by molar-refractivity contribution is -0.134. The molecule has 0 N–H and O–H groups in total. The first kappa shape index (κ1) is 27.3. The van der Waals surface area contributed by atoms with Crippen LogP contribution in [-0.2, 0) is 19.2 Å². The highest BCUT2D eigenvalue weighted by molar-refractivity contribution is 5.98. The van der Waals surface area contributed by atoms with Crippen molar-refractivity contribution in [2.24, 2.45) is 0 Å². The number of hydrogen-bond acceptors (Lipinski definition) is 10. The number of likely N-dealkylation sites (tertiary alicyclic amines) is 2. The van der Waals surface area contributed by atoms with Gasteiger partial charge in [-0.2, -0.15) is 0 Å². The molecule has 2 aliphatic rings. The second-order valence-corrected chi connectivity index (χ2v) is 9.16. The maximum Gasteiger partial charge on any atom is 0.308 e. The molecule has 0 aromatic heterocycles. The van der Waals surface area contributed by atoms with E-state index in [0.29, 0.717) is 6.42 Å². The van der Waals surface area contributed by atoms with E-state index < -0.39 is 23.9 Å². The van der Waals surface area contributed by atoms with E-state index in [-0.39, 0.29) is 71.1 Å². The maximum absolute atomic E-state index is 13.3. The van der Waals surface area contributed by atoms with Crippen molar-refractivity contribution in [3.05, 3.63) is 47.5 Å². The van der Waals surface area contributed by atoms with E-state index >= 15 is 0 Å². The number of rotatable bonds is 6. The van der Waals surface area contributed by atoms with Crippen molar-refractivity contribution in [1.82, 2.24) is 9.80 Å². The Kier molecular flexibility index (Phi) is 7.65. The maximum atomic E-state index is 13.3. The average molecular weight is 539 g/mol. The fourth-order valence-electron chi connectivity index (χ4n) is 4.73. The van der Waals surface area contributed by atoms with E-state index in [1.807, 2.05) is 0 Å². The first-order valence-corrected chi connectivity index (χ1v) is 12.1. The van der Waals surface area contributed by atoms with Crippen LogP contribution in [0.4, 0.5) is 0 Å². The van der Waals surface area contributed by atoms with Crippen molar-refractivity contribution < 1.29 is 47.7 Å². The molecule has 39 heavy (non-hydrogen) atoms. The van der Waals surface area contributed by atoms with Crippen LogP contribution in [0.1, 0.15) is 54.8 Å². The molecule has 2 saturated heterocycles. The van der Waals surface area contributed by atoms with Crippen LogP contribution < -0.4 is 18.9 Å². The number of hydrogen-bond donors (Lipinski definition) is 0. The average Bonchev–Trinajstić information content (AvgIpc) is 3.45. The fourth-order valence-corrected chi connectivity index (χ4v) is 4.73. The predicted molar refractivity (Wildman–Crippen MR) is 132 cm³/mol. The third-order valence-electron chi connectivity index (χ3n) is 6.16. The van der Waals surface area contributed by atoms with E-state index in [4.69, 9.17) is 18.9 Å². The highest BCUT2D eigenvalue weighted by Crippen LogP contribution is 2.36. The lowest BCUT2D eigenvalue weighted by Gasteiger charge is -2.34. The smallest absolute Gasteiger partial charge is 0.308 e. The number of carbonyl (C=O) groups is 6. The molecule has 2 heterocycles. The minimum atomic E-state index is -0.639. The van der Waals surface area contributed by atoms with E-state index in [1.54, 1.807) is 9.80 Å². The first-order chi connectivity index (χ1) is 18.4. The van der Waals surface area contributed by atoms with Gasteiger partial charge in [-0.15, -0.1) is 0 Å². The molecule has 2 atom stereocenters. The number of carbonyl (C=O) groups excluding carboxylic acids is 6. The Labute approximate surface area is 223 Å². The second-order valence-electron chi connectivity index (χ2n) is 9.16. The summed E-state index contributed by atoms with van der Waals surface area (Å²) in [4.78, 5) is 75.7.